The number of nitriles is 1. The van der Waals surface area contributed by atoms with E-state index >= 15 is 0 Å². The summed E-state index contributed by atoms with van der Waals surface area (Å²) in [6.07, 6.45) is 8.46. The van der Waals surface area contributed by atoms with Crippen LogP contribution in [0.5, 0.6) is 0 Å². The molecule has 0 spiro atoms. The van der Waals surface area contributed by atoms with E-state index in [1.165, 1.54) is 0 Å². The summed E-state index contributed by atoms with van der Waals surface area (Å²) in [5, 5.41) is 21.1. The molecule has 0 aromatic carbocycles. The lowest BCUT2D eigenvalue weighted by Gasteiger charge is -2.28. The third-order valence-electron chi connectivity index (χ3n) is 4.73. The summed E-state index contributed by atoms with van der Waals surface area (Å²) < 4.78 is 2.08. The number of piperidine rings is 1. The summed E-state index contributed by atoms with van der Waals surface area (Å²) in [4.78, 5) is 4.09. The van der Waals surface area contributed by atoms with Gasteiger partial charge in [-0.25, -0.2) is 0 Å². The van der Waals surface area contributed by atoms with Crippen molar-refractivity contribution in [2.45, 2.75) is 32.0 Å². The molecule has 114 valence electrons. The first-order chi connectivity index (χ1) is 10.7. The lowest BCUT2D eigenvalue weighted by Crippen LogP contribution is -2.31. The van der Waals surface area contributed by atoms with Crippen LogP contribution in [0.2, 0.25) is 0 Å². The van der Waals surface area contributed by atoms with Gasteiger partial charge in [0.1, 0.15) is 5.69 Å². The molecule has 1 N–H and O–H groups in total. The lowest BCUT2D eigenvalue weighted by molar-refractivity contribution is 0.212. The van der Waals surface area contributed by atoms with Gasteiger partial charge < -0.3 is 9.80 Å². The number of aromatic amines is 1. The first-order valence-electron chi connectivity index (χ1n) is 7.68. The Morgan fingerprint density at radius 3 is 2.91 bits per heavy atom. The van der Waals surface area contributed by atoms with Gasteiger partial charge in [0.2, 0.25) is 0 Å². The maximum absolute atomic E-state index is 9.03. The molecule has 1 saturated heterocycles. The van der Waals surface area contributed by atoms with E-state index in [0.717, 1.165) is 48.4 Å². The highest BCUT2D eigenvalue weighted by Crippen LogP contribution is 2.31. The summed E-state index contributed by atoms with van der Waals surface area (Å²) in [6, 6.07) is 0.479. The molecule has 0 radical (unpaired) electrons. The predicted molar refractivity (Wildman–Crippen MR) is 80.4 cm³/mol. The van der Waals surface area contributed by atoms with Gasteiger partial charge in [-0.2, -0.15) is 15.5 Å². The van der Waals surface area contributed by atoms with Crippen molar-refractivity contribution < 1.29 is 0 Å². The van der Waals surface area contributed by atoms with Crippen LogP contribution >= 0.6 is 0 Å². The third-order valence-corrected chi connectivity index (χ3v) is 4.73. The van der Waals surface area contributed by atoms with Crippen molar-refractivity contribution in [3.05, 3.63) is 23.7 Å². The van der Waals surface area contributed by atoms with Crippen LogP contribution in [0.15, 0.2) is 12.4 Å². The van der Waals surface area contributed by atoms with Crippen molar-refractivity contribution in [1.82, 2.24) is 29.8 Å². The fraction of sp³-hybridized carbons (Fsp3) is 0.533. The highest BCUT2D eigenvalue weighted by atomic mass is 15.3. The Morgan fingerprint density at radius 2 is 2.14 bits per heavy atom. The maximum atomic E-state index is 9.03. The molecular weight excluding hydrogens is 278 g/mol. The van der Waals surface area contributed by atoms with Crippen molar-refractivity contribution >= 4 is 0 Å². The van der Waals surface area contributed by atoms with Crippen molar-refractivity contribution in [2.24, 2.45) is 0 Å². The van der Waals surface area contributed by atoms with E-state index in [1.807, 2.05) is 6.20 Å². The molecule has 2 aliphatic heterocycles. The number of likely N-dealkylation sites (tertiary alicyclic amines) is 1. The molecule has 0 atom stereocenters. The Hall–Kier alpha value is -2.33. The molecule has 7 nitrogen and oxygen atoms in total. The molecule has 0 aliphatic carbocycles. The van der Waals surface area contributed by atoms with Gasteiger partial charge in [0.25, 0.3) is 0 Å². The van der Waals surface area contributed by atoms with Crippen molar-refractivity contribution in [3.63, 3.8) is 0 Å². The molecular formula is C15H19N7. The van der Waals surface area contributed by atoms with Crippen LogP contribution in [0.4, 0.5) is 0 Å². The Kier molecular flexibility index (Phi) is 3.12. The summed E-state index contributed by atoms with van der Waals surface area (Å²) in [6.45, 7) is 3.50. The number of H-pyrrole nitrogens is 1. The molecule has 0 unspecified atom stereocenters. The molecule has 4 heterocycles. The summed E-state index contributed by atoms with van der Waals surface area (Å²) in [7, 11) is 2.17. The average molecular weight is 297 g/mol. The quantitative estimate of drug-likeness (QED) is 0.846. The van der Waals surface area contributed by atoms with Crippen LogP contribution in [0.3, 0.4) is 0 Å². The highest BCUT2D eigenvalue weighted by molar-refractivity contribution is 5.63. The van der Waals surface area contributed by atoms with Crippen molar-refractivity contribution in [1.29, 1.82) is 5.26 Å². The van der Waals surface area contributed by atoms with Crippen LogP contribution in [0.1, 0.15) is 30.1 Å². The van der Waals surface area contributed by atoms with E-state index in [9.17, 15) is 0 Å². The second kappa shape index (κ2) is 5.14. The zero-order chi connectivity index (χ0) is 15.1. The minimum atomic E-state index is 0.479. The van der Waals surface area contributed by atoms with Gasteiger partial charge in [-0.3, -0.25) is 9.78 Å². The largest absolute Gasteiger partial charge is 0.306 e. The van der Waals surface area contributed by atoms with Gasteiger partial charge >= 0.3 is 0 Å². The van der Waals surface area contributed by atoms with Crippen LogP contribution < -0.4 is 0 Å². The average Bonchev–Trinajstić information content (AvgIpc) is 3.22. The Balaban J connectivity index is 1.57. The van der Waals surface area contributed by atoms with E-state index in [0.29, 0.717) is 19.1 Å². The monoisotopic (exact) mass is 297 g/mol. The van der Waals surface area contributed by atoms with Gasteiger partial charge in [-0.15, -0.1) is 0 Å². The second-order valence-electron chi connectivity index (χ2n) is 6.23. The van der Waals surface area contributed by atoms with Crippen LogP contribution in [0, 0.1) is 11.5 Å². The maximum Gasteiger partial charge on any atom is 0.180 e. The van der Waals surface area contributed by atoms with Crippen LogP contribution in [0.25, 0.3) is 11.3 Å². The number of nitrogens with zero attached hydrogens (tertiary/aromatic N) is 6. The van der Waals surface area contributed by atoms with Gasteiger partial charge in [-0.05, 0) is 33.0 Å². The fourth-order valence-electron chi connectivity index (χ4n) is 3.37. The summed E-state index contributed by atoms with van der Waals surface area (Å²) >= 11 is 0. The molecule has 2 aliphatic rings. The minimum Gasteiger partial charge on any atom is -0.306 e. The topological polar surface area (TPSA) is 76.8 Å². The zero-order valence-corrected chi connectivity index (χ0v) is 12.7. The van der Waals surface area contributed by atoms with E-state index < -0.39 is 0 Å². The molecule has 0 amide bonds. The first-order valence-corrected chi connectivity index (χ1v) is 7.68. The molecule has 2 aromatic heterocycles. The number of nitrogens with one attached hydrogen (secondary N) is 1. The Labute approximate surface area is 129 Å². The van der Waals surface area contributed by atoms with E-state index in [4.69, 9.17) is 5.26 Å². The van der Waals surface area contributed by atoms with Crippen molar-refractivity contribution in [2.75, 3.05) is 20.1 Å². The number of hydrogen-bond donors (Lipinski definition) is 1. The van der Waals surface area contributed by atoms with Gasteiger partial charge in [-0.1, -0.05) is 0 Å². The normalized spacial score (nSPS) is 19.4. The lowest BCUT2D eigenvalue weighted by atomic mass is 10.1. The van der Waals surface area contributed by atoms with E-state index in [2.05, 4.69) is 44.3 Å². The predicted octanol–water partition coefficient (Wildman–Crippen LogP) is 1.34. The number of aromatic nitrogens is 4. The SMILES string of the molecule is CN1CCC(n2cc(-c3n[nH]c4c3CN(C#N)C4)cn2)CC1. The molecule has 22 heavy (non-hydrogen) atoms. The number of hydrogen-bond acceptors (Lipinski definition) is 5. The van der Waals surface area contributed by atoms with Crippen LogP contribution in [-0.2, 0) is 13.1 Å². The Morgan fingerprint density at radius 1 is 1.32 bits per heavy atom. The van der Waals surface area contributed by atoms with E-state index in [1.54, 1.807) is 4.90 Å². The van der Waals surface area contributed by atoms with Gasteiger partial charge in [0, 0.05) is 17.3 Å². The van der Waals surface area contributed by atoms with Gasteiger partial charge in [0.05, 0.1) is 31.0 Å². The van der Waals surface area contributed by atoms with E-state index in [-0.39, 0.29) is 0 Å². The summed E-state index contributed by atoms with van der Waals surface area (Å²) in [5.74, 6) is 0. The molecule has 4 rings (SSSR count). The van der Waals surface area contributed by atoms with Crippen molar-refractivity contribution in [3.8, 4) is 17.5 Å². The molecule has 7 heteroatoms. The number of fused-ring (bicyclic) bond motifs is 1. The first kappa shape index (κ1) is 13.3. The molecule has 0 saturated carbocycles. The Bertz CT molecular complexity index is 715. The van der Waals surface area contributed by atoms with Gasteiger partial charge in [0.15, 0.2) is 6.19 Å². The fourth-order valence-corrected chi connectivity index (χ4v) is 3.37. The molecule has 1 fully saturated rings. The summed E-state index contributed by atoms with van der Waals surface area (Å²) in [5.41, 5.74) is 4.15. The highest BCUT2D eigenvalue weighted by Gasteiger charge is 2.26. The second-order valence-corrected chi connectivity index (χ2v) is 6.23. The molecule has 0 bridgehead atoms. The standard InChI is InChI=1S/C15H19N7/c1-20-4-2-12(3-5-20)22-7-11(6-17-22)15-13-8-21(10-16)9-14(13)18-19-15/h6-7,12H,2-5,8-9H2,1H3,(H,18,19). The van der Waals surface area contributed by atoms with Crippen LogP contribution in [-0.4, -0.2) is 49.9 Å². The number of rotatable bonds is 2. The molecule has 2 aromatic rings. The third kappa shape index (κ3) is 2.16. The zero-order valence-electron chi connectivity index (χ0n) is 12.7. The minimum absolute atomic E-state index is 0.479. The smallest absolute Gasteiger partial charge is 0.180 e.